The number of hydrogen-bond acceptors (Lipinski definition) is 4. The Kier molecular flexibility index (Phi) is 7.40. The number of ether oxygens (including phenoxy) is 1. The minimum Gasteiger partial charge on any atom is -0.489 e. The molecule has 1 amide bonds. The molecule has 6 nitrogen and oxygen atoms in total. The highest BCUT2D eigenvalue weighted by Gasteiger charge is 2.11. The third-order valence-electron chi connectivity index (χ3n) is 4.24. The lowest BCUT2D eigenvalue weighted by atomic mass is 10.1. The lowest BCUT2D eigenvalue weighted by Crippen LogP contribution is -2.13. The normalized spacial score (nSPS) is 10.8. The Hall–Kier alpha value is -3.64. The summed E-state index contributed by atoms with van der Waals surface area (Å²) in [4.78, 5) is 23.5. The quantitative estimate of drug-likeness (QED) is 0.254. The summed E-state index contributed by atoms with van der Waals surface area (Å²) in [6.45, 7) is 0.438. The number of carboxylic acid groups (broad SMARTS) is 1. The fourth-order valence-electron chi connectivity index (χ4n) is 2.65. The number of carboxylic acids is 1. The number of amides is 1. The first-order chi connectivity index (χ1) is 14.9. The Labute approximate surface area is 192 Å². The van der Waals surface area contributed by atoms with Gasteiger partial charge in [-0.1, -0.05) is 30.3 Å². The number of nitrogens with zero attached hydrogens (tertiary/aromatic N) is 1. The molecule has 3 aromatic carbocycles. The number of benzene rings is 3. The predicted molar refractivity (Wildman–Crippen MR) is 126 cm³/mol. The van der Waals surface area contributed by atoms with Gasteiger partial charge >= 0.3 is 5.97 Å². The Balaban J connectivity index is 1.65. The van der Waals surface area contributed by atoms with Crippen molar-refractivity contribution in [2.75, 3.05) is 5.32 Å². The molecular formula is C24H17IN2O4. The van der Waals surface area contributed by atoms with Crippen LogP contribution in [-0.2, 0) is 11.4 Å². The molecule has 0 heterocycles. The van der Waals surface area contributed by atoms with Crippen molar-refractivity contribution in [1.82, 2.24) is 0 Å². The van der Waals surface area contributed by atoms with Crippen LogP contribution in [0.1, 0.15) is 21.5 Å². The van der Waals surface area contributed by atoms with Crippen LogP contribution in [0.15, 0.2) is 78.4 Å². The molecule has 7 heteroatoms. The van der Waals surface area contributed by atoms with Crippen LogP contribution in [0, 0.1) is 14.9 Å². The van der Waals surface area contributed by atoms with Gasteiger partial charge in [-0.3, -0.25) is 4.79 Å². The number of nitriles is 1. The summed E-state index contributed by atoms with van der Waals surface area (Å²) in [5.74, 6) is -1.05. The fourth-order valence-corrected chi connectivity index (χ4v) is 3.01. The lowest BCUT2D eigenvalue weighted by molar-refractivity contribution is -0.112. The van der Waals surface area contributed by atoms with Gasteiger partial charge in [0, 0.05) is 9.26 Å². The minimum absolute atomic E-state index is 0.0427. The number of anilines is 1. The van der Waals surface area contributed by atoms with Crippen LogP contribution in [0.3, 0.4) is 0 Å². The molecular weight excluding hydrogens is 507 g/mol. The van der Waals surface area contributed by atoms with Gasteiger partial charge in [-0.2, -0.15) is 5.26 Å². The molecule has 0 aliphatic rings. The predicted octanol–water partition coefficient (Wildman–Crippen LogP) is 5.11. The highest BCUT2D eigenvalue weighted by atomic mass is 127. The monoisotopic (exact) mass is 524 g/mol. The van der Waals surface area contributed by atoms with E-state index in [1.54, 1.807) is 30.3 Å². The summed E-state index contributed by atoms with van der Waals surface area (Å²) in [6.07, 6.45) is 1.46. The van der Waals surface area contributed by atoms with Crippen LogP contribution < -0.4 is 10.1 Å². The topological polar surface area (TPSA) is 99.4 Å². The summed E-state index contributed by atoms with van der Waals surface area (Å²) in [7, 11) is 0. The largest absolute Gasteiger partial charge is 0.489 e. The molecule has 0 saturated heterocycles. The van der Waals surface area contributed by atoms with Crippen molar-refractivity contribution < 1.29 is 19.4 Å². The number of rotatable bonds is 7. The van der Waals surface area contributed by atoms with Crippen LogP contribution in [0.4, 0.5) is 5.69 Å². The molecule has 31 heavy (non-hydrogen) atoms. The Morgan fingerprint density at radius 1 is 1.06 bits per heavy atom. The molecule has 3 aromatic rings. The molecule has 0 saturated carbocycles. The number of carbonyl (C=O) groups is 2. The van der Waals surface area contributed by atoms with E-state index < -0.39 is 11.9 Å². The first kappa shape index (κ1) is 22.1. The van der Waals surface area contributed by atoms with E-state index in [2.05, 4.69) is 27.9 Å². The summed E-state index contributed by atoms with van der Waals surface area (Å²) >= 11 is 2.25. The molecule has 0 aliphatic carbocycles. The molecule has 3 rings (SSSR count). The second-order valence-corrected chi connectivity index (χ2v) is 7.74. The summed E-state index contributed by atoms with van der Waals surface area (Å²) in [5.41, 5.74) is 1.95. The van der Waals surface area contributed by atoms with Crippen LogP contribution in [0.25, 0.3) is 6.08 Å². The van der Waals surface area contributed by atoms with Crippen molar-refractivity contribution in [3.8, 4) is 11.8 Å². The van der Waals surface area contributed by atoms with E-state index in [0.29, 0.717) is 23.6 Å². The molecule has 0 unspecified atom stereocenters. The van der Waals surface area contributed by atoms with Gasteiger partial charge in [0.25, 0.3) is 5.91 Å². The highest BCUT2D eigenvalue weighted by molar-refractivity contribution is 14.1. The van der Waals surface area contributed by atoms with Gasteiger partial charge in [-0.05, 0) is 82.3 Å². The van der Waals surface area contributed by atoms with E-state index in [9.17, 15) is 14.9 Å². The molecule has 0 spiro atoms. The zero-order valence-corrected chi connectivity index (χ0v) is 18.4. The summed E-state index contributed by atoms with van der Waals surface area (Å²) < 4.78 is 6.92. The molecule has 0 fully saturated rings. The van der Waals surface area contributed by atoms with Gasteiger partial charge in [0.05, 0.1) is 5.56 Å². The first-order valence-electron chi connectivity index (χ1n) is 9.18. The van der Waals surface area contributed by atoms with E-state index in [1.165, 1.54) is 24.3 Å². The zero-order valence-electron chi connectivity index (χ0n) is 16.2. The third-order valence-corrected chi connectivity index (χ3v) is 4.96. The maximum Gasteiger partial charge on any atom is 0.335 e. The number of nitrogens with one attached hydrogen (secondary N) is 1. The summed E-state index contributed by atoms with van der Waals surface area (Å²) in [5, 5.41) is 21.0. The zero-order chi connectivity index (χ0) is 22.2. The van der Waals surface area contributed by atoms with Gasteiger partial charge in [-0.15, -0.1) is 0 Å². The van der Waals surface area contributed by atoms with Crippen LogP contribution in [-0.4, -0.2) is 17.0 Å². The average Bonchev–Trinajstić information content (AvgIpc) is 2.78. The van der Waals surface area contributed by atoms with Gasteiger partial charge in [0.2, 0.25) is 0 Å². The Morgan fingerprint density at radius 3 is 2.42 bits per heavy atom. The first-order valence-corrected chi connectivity index (χ1v) is 10.3. The smallest absolute Gasteiger partial charge is 0.335 e. The van der Waals surface area contributed by atoms with E-state index in [-0.39, 0.29) is 11.1 Å². The molecule has 0 radical (unpaired) electrons. The number of halogens is 1. The van der Waals surface area contributed by atoms with Crippen molar-refractivity contribution >= 4 is 46.2 Å². The van der Waals surface area contributed by atoms with E-state index in [1.807, 2.05) is 30.3 Å². The van der Waals surface area contributed by atoms with E-state index in [0.717, 1.165) is 9.13 Å². The van der Waals surface area contributed by atoms with Gasteiger partial charge in [0.1, 0.15) is 24.0 Å². The maximum atomic E-state index is 12.4. The van der Waals surface area contributed by atoms with E-state index in [4.69, 9.17) is 9.84 Å². The summed E-state index contributed by atoms with van der Waals surface area (Å²) in [6, 6.07) is 22.8. The number of hydrogen-bond donors (Lipinski definition) is 2. The van der Waals surface area contributed by atoms with Gasteiger partial charge in [0.15, 0.2) is 0 Å². The molecule has 0 aliphatic heterocycles. The maximum absolute atomic E-state index is 12.4. The molecule has 0 atom stereocenters. The standard InChI is InChI=1S/C24H17IN2O4/c25-20-8-4-17(5-9-20)15-31-22-10-6-16(7-11-22)12-19(14-26)23(28)27-21-3-1-2-18(13-21)24(29)30/h1-13H,15H2,(H,27,28)(H,29,30)/b19-12-. The fraction of sp³-hybridized carbons (Fsp3) is 0.0417. The van der Waals surface area contributed by atoms with Crippen molar-refractivity contribution in [3.05, 3.63) is 98.6 Å². The SMILES string of the molecule is N#C/C(=C/c1ccc(OCc2ccc(I)cc2)cc1)C(=O)Nc1cccc(C(=O)O)c1. The molecule has 154 valence electrons. The Morgan fingerprint density at radius 2 is 1.77 bits per heavy atom. The minimum atomic E-state index is -1.10. The molecule has 0 aromatic heterocycles. The molecule has 0 bridgehead atoms. The van der Waals surface area contributed by atoms with Crippen LogP contribution in [0.5, 0.6) is 5.75 Å². The average molecular weight is 524 g/mol. The van der Waals surface area contributed by atoms with Crippen LogP contribution >= 0.6 is 22.6 Å². The van der Waals surface area contributed by atoms with Gasteiger partial charge < -0.3 is 15.2 Å². The third kappa shape index (κ3) is 6.42. The highest BCUT2D eigenvalue weighted by Crippen LogP contribution is 2.18. The number of aromatic carboxylic acids is 1. The number of carbonyl (C=O) groups excluding carboxylic acids is 1. The second-order valence-electron chi connectivity index (χ2n) is 6.49. The second kappa shape index (κ2) is 10.4. The van der Waals surface area contributed by atoms with Crippen LogP contribution in [0.2, 0.25) is 0 Å². The van der Waals surface area contributed by atoms with Crippen molar-refractivity contribution in [3.63, 3.8) is 0 Å². The molecule has 2 N–H and O–H groups in total. The van der Waals surface area contributed by atoms with Crippen molar-refractivity contribution in [2.24, 2.45) is 0 Å². The van der Waals surface area contributed by atoms with Crippen molar-refractivity contribution in [1.29, 1.82) is 5.26 Å². The lowest BCUT2D eigenvalue weighted by Gasteiger charge is -2.07. The van der Waals surface area contributed by atoms with Crippen molar-refractivity contribution in [2.45, 2.75) is 6.61 Å². The van der Waals surface area contributed by atoms with E-state index >= 15 is 0 Å². The Bertz CT molecular complexity index is 1160. The van der Waals surface area contributed by atoms with Gasteiger partial charge in [-0.25, -0.2) is 4.79 Å².